The minimum atomic E-state index is -0.558. The van der Waals surface area contributed by atoms with E-state index in [-0.39, 0.29) is 5.97 Å². The summed E-state index contributed by atoms with van der Waals surface area (Å²) in [6, 6.07) is 14.5. The summed E-state index contributed by atoms with van der Waals surface area (Å²) in [5.41, 5.74) is 2.03. The van der Waals surface area contributed by atoms with E-state index < -0.39 is 11.5 Å². The number of fused-ring (bicyclic) bond motifs is 1. The minimum absolute atomic E-state index is 0.364. The van der Waals surface area contributed by atoms with Crippen LogP contribution in [0.3, 0.4) is 0 Å². The SMILES string of the molecule is O=C1OC(c2ccccc2Cl)C(Cl)c2ccccc21. The Hall–Kier alpha value is -1.51. The predicted molar refractivity (Wildman–Crippen MR) is 74.6 cm³/mol. The van der Waals surface area contributed by atoms with Gasteiger partial charge in [0.05, 0.1) is 5.56 Å². The van der Waals surface area contributed by atoms with Crippen molar-refractivity contribution >= 4 is 29.2 Å². The van der Waals surface area contributed by atoms with Gasteiger partial charge in [-0.25, -0.2) is 4.79 Å². The fourth-order valence-electron chi connectivity index (χ4n) is 2.25. The number of carbonyl (C=O) groups excluding carboxylic acids is 1. The molecular weight excluding hydrogens is 283 g/mol. The number of rotatable bonds is 1. The Bertz CT molecular complexity index is 640. The lowest BCUT2D eigenvalue weighted by Gasteiger charge is -2.29. The highest BCUT2D eigenvalue weighted by Crippen LogP contribution is 2.44. The van der Waals surface area contributed by atoms with Crippen molar-refractivity contribution < 1.29 is 9.53 Å². The Morgan fingerprint density at radius 1 is 0.947 bits per heavy atom. The summed E-state index contributed by atoms with van der Waals surface area (Å²) in [7, 11) is 0. The Kier molecular flexibility index (Phi) is 3.21. The highest BCUT2D eigenvalue weighted by Gasteiger charge is 2.36. The first-order valence-corrected chi connectivity index (χ1v) is 6.68. The van der Waals surface area contributed by atoms with Gasteiger partial charge >= 0.3 is 5.97 Å². The first kappa shape index (κ1) is 12.5. The highest BCUT2D eigenvalue weighted by molar-refractivity contribution is 6.31. The van der Waals surface area contributed by atoms with Crippen LogP contribution in [0.5, 0.6) is 0 Å². The number of hydrogen-bond acceptors (Lipinski definition) is 2. The summed E-state index contributed by atoms with van der Waals surface area (Å²) < 4.78 is 5.44. The number of esters is 1. The second-order valence-electron chi connectivity index (χ2n) is 4.34. The van der Waals surface area contributed by atoms with Crippen molar-refractivity contribution in [1.29, 1.82) is 0 Å². The van der Waals surface area contributed by atoms with Gasteiger partial charge in [-0.15, -0.1) is 11.6 Å². The lowest BCUT2D eigenvalue weighted by atomic mass is 9.94. The molecule has 0 fully saturated rings. The predicted octanol–water partition coefficient (Wildman–Crippen LogP) is 4.53. The number of ether oxygens (including phenoxy) is 1. The maximum atomic E-state index is 12.0. The van der Waals surface area contributed by atoms with Gasteiger partial charge in [0.2, 0.25) is 0 Å². The lowest BCUT2D eigenvalue weighted by molar-refractivity contribution is 0.0238. The summed E-state index contributed by atoms with van der Waals surface area (Å²) in [6.45, 7) is 0. The second-order valence-corrected chi connectivity index (χ2v) is 5.21. The quantitative estimate of drug-likeness (QED) is 0.570. The van der Waals surface area contributed by atoms with Crippen molar-refractivity contribution in [2.75, 3.05) is 0 Å². The van der Waals surface area contributed by atoms with Crippen molar-refractivity contribution in [2.24, 2.45) is 0 Å². The maximum absolute atomic E-state index is 12.0. The molecule has 0 spiro atoms. The van der Waals surface area contributed by atoms with Gasteiger partial charge in [-0.3, -0.25) is 0 Å². The van der Waals surface area contributed by atoms with Crippen molar-refractivity contribution in [3.63, 3.8) is 0 Å². The fraction of sp³-hybridized carbons (Fsp3) is 0.133. The zero-order chi connectivity index (χ0) is 13.4. The van der Waals surface area contributed by atoms with E-state index in [1.54, 1.807) is 18.2 Å². The van der Waals surface area contributed by atoms with Crippen LogP contribution in [0.25, 0.3) is 0 Å². The van der Waals surface area contributed by atoms with Gasteiger partial charge in [0, 0.05) is 10.6 Å². The van der Waals surface area contributed by atoms with E-state index in [0.29, 0.717) is 10.6 Å². The normalized spacial score (nSPS) is 21.7. The molecule has 0 saturated heterocycles. The van der Waals surface area contributed by atoms with E-state index in [9.17, 15) is 4.79 Å². The molecule has 19 heavy (non-hydrogen) atoms. The molecule has 2 unspecified atom stereocenters. The summed E-state index contributed by atoms with van der Waals surface area (Å²) >= 11 is 12.6. The fourth-order valence-corrected chi connectivity index (χ4v) is 2.87. The van der Waals surface area contributed by atoms with Gasteiger partial charge < -0.3 is 4.74 Å². The minimum Gasteiger partial charge on any atom is -0.452 e. The molecule has 2 aromatic rings. The third-order valence-corrected chi connectivity index (χ3v) is 4.00. The molecule has 96 valence electrons. The summed E-state index contributed by atoms with van der Waals surface area (Å²) in [5.74, 6) is -0.364. The Morgan fingerprint density at radius 2 is 1.58 bits per heavy atom. The molecule has 0 radical (unpaired) electrons. The molecule has 1 aliphatic heterocycles. The van der Waals surface area contributed by atoms with Gasteiger partial charge in [-0.1, -0.05) is 48.0 Å². The van der Waals surface area contributed by atoms with E-state index in [4.69, 9.17) is 27.9 Å². The summed E-state index contributed by atoms with van der Waals surface area (Å²) in [4.78, 5) is 12.0. The molecule has 2 aromatic carbocycles. The number of cyclic esters (lactones) is 1. The average molecular weight is 293 g/mol. The smallest absolute Gasteiger partial charge is 0.339 e. The lowest BCUT2D eigenvalue weighted by Crippen LogP contribution is -2.23. The van der Waals surface area contributed by atoms with Crippen LogP contribution in [0, 0.1) is 0 Å². The molecule has 0 saturated carbocycles. The molecule has 3 rings (SSSR count). The van der Waals surface area contributed by atoms with Crippen molar-refractivity contribution in [3.05, 3.63) is 70.2 Å². The summed E-state index contributed by atoms with van der Waals surface area (Å²) in [5, 5.41) is 0.110. The first-order valence-electron chi connectivity index (χ1n) is 5.87. The molecule has 0 amide bonds. The number of benzene rings is 2. The highest BCUT2D eigenvalue weighted by atomic mass is 35.5. The Labute approximate surface area is 120 Å². The van der Waals surface area contributed by atoms with E-state index in [0.717, 1.165) is 11.1 Å². The van der Waals surface area contributed by atoms with Crippen molar-refractivity contribution in [3.8, 4) is 0 Å². The van der Waals surface area contributed by atoms with Crippen molar-refractivity contribution in [2.45, 2.75) is 11.5 Å². The van der Waals surface area contributed by atoms with Gasteiger partial charge in [0.1, 0.15) is 11.5 Å². The van der Waals surface area contributed by atoms with Crippen molar-refractivity contribution in [1.82, 2.24) is 0 Å². The monoisotopic (exact) mass is 292 g/mol. The molecule has 2 nitrogen and oxygen atoms in total. The molecule has 1 heterocycles. The van der Waals surface area contributed by atoms with Gasteiger partial charge in [-0.05, 0) is 17.7 Å². The van der Waals surface area contributed by atoms with Crippen LogP contribution < -0.4 is 0 Å². The van der Waals surface area contributed by atoms with E-state index >= 15 is 0 Å². The van der Waals surface area contributed by atoms with Crippen LogP contribution in [-0.2, 0) is 4.74 Å². The molecule has 4 heteroatoms. The number of alkyl halides is 1. The summed E-state index contributed by atoms with van der Waals surface area (Å²) in [6.07, 6.45) is -0.558. The van der Waals surface area contributed by atoms with E-state index in [1.807, 2.05) is 30.3 Å². The van der Waals surface area contributed by atoms with Gasteiger partial charge in [-0.2, -0.15) is 0 Å². The Morgan fingerprint density at radius 3 is 2.32 bits per heavy atom. The third-order valence-electron chi connectivity index (χ3n) is 3.19. The molecule has 0 aliphatic carbocycles. The second kappa shape index (κ2) is 4.87. The van der Waals surface area contributed by atoms with Crippen LogP contribution in [0.2, 0.25) is 5.02 Å². The maximum Gasteiger partial charge on any atom is 0.339 e. The molecule has 0 N–H and O–H groups in total. The largest absolute Gasteiger partial charge is 0.452 e. The van der Waals surface area contributed by atoms with E-state index in [1.165, 1.54) is 0 Å². The molecule has 2 atom stereocenters. The number of halogens is 2. The van der Waals surface area contributed by atoms with E-state index in [2.05, 4.69) is 0 Å². The number of carbonyl (C=O) groups is 1. The van der Waals surface area contributed by atoms with Crippen LogP contribution in [0.1, 0.15) is 33.0 Å². The average Bonchev–Trinajstić information content (AvgIpc) is 2.44. The van der Waals surface area contributed by atoms with Crippen LogP contribution >= 0.6 is 23.2 Å². The molecular formula is C15H10Cl2O2. The van der Waals surface area contributed by atoms with Crippen LogP contribution in [0.15, 0.2) is 48.5 Å². The van der Waals surface area contributed by atoms with Crippen LogP contribution in [0.4, 0.5) is 0 Å². The Balaban J connectivity index is 2.08. The standard InChI is InChI=1S/C15H10Cl2O2/c16-12-8-4-3-7-11(12)14-13(17)9-5-1-2-6-10(9)15(18)19-14/h1-8,13-14H. The number of hydrogen-bond donors (Lipinski definition) is 0. The van der Waals surface area contributed by atoms with Crippen LogP contribution in [-0.4, -0.2) is 5.97 Å². The topological polar surface area (TPSA) is 26.3 Å². The van der Waals surface area contributed by atoms with Gasteiger partial charge in [0.25, 0.3) is 0 Å². The molecule has 1 aliphatic rings. The molecule has 0 aromatic heterocycles. The third kappa shape index (κ3) is 2.11. The zero-order valence-corrected chi connectivity index (χ0v) is 11.4. The molecule has 0 bridgehead atoms. The zero-order valence-electron chi connectivity index (χ0n) is 9.85. The van der Waals surface area contributed by atoms with Gasteiger partial charge in [0.15, 0.2) is 0 Å². The first-order chi connectivity index (χ1) is 9.18.